The van der Waals surface area contributed by atoms with Gasteiger partial charge in [0.25, 0.3) is 0 Å². The van der Waals surface area contributed by atoms with Crippen molar-refractivity contribution in [3.63, 3.8) is 0 Å². The summed E-state index contributed by atoms with van der Waals surface area (Å²) < 4.78 is 4.89. The molecule has 1 amide bonds. The molecule has 1 atom stereocenters. The zero-order valence-corrected chi connectivity index (χ0v) is 11.7. The average molecular weight is 299 g/mol. The molecule has 1 aliphatic heterocycles. The van der Waals surface area contributed by atoms with Crippen molar-refractivity contribution in [2.45, 2.75) is 6.04 Å². The van der Waals surface area contributed by atoms with Gasteiger partial charge in [-0.3, -0.25) is 0 Å². The molecule has 1 saturated heterocycles. The largest absolute Gasteiger partial charge is 0.447 e. The highest BCUT2D eigenvalue weighted by Crippen LogP contribution is 2.18. The van der Waals surface area contributed by atoms with Gasteiger partial charge >= 0.3 is 6.09 Å². The van der Waals surface area contributed by atoms with E-state index in [4.69, 9.17) is 16.3 Å². The number of hydrogen-bond donors (Lipinski definition) is 1. The second kappa shape index (κ2) is 5.86. The van der Waals surface area contributed by atoms with Gasteiger partial charge in [-0.15, -0.1) is 0 Å². The molecular formula is C16H11ClN2O2. The third-order valence-corrected chi connectivity index (χ3v) is 3.26. The van der Waals surface area contributed by atoms with Gasteiger partial charge in [0.2, 0.25) is 0 Å². The van der Waals surface area contributed by atoms with Crippen molar-refractivity contribution < 1.29 is 9.53 Å². The van der Waals surface area contributed by atoms with Crippen LogP contribution in [0.15, 0.2) is 42.6 Å². The van der Waals surface area contributed by atoms with E-state index < -0.39 is 0 Å². The molecule has 104 valence electrons. The SMILES string of the molecule is O=C1N[C@H](c2cccc(C#Cc3ccc(Cl)nc3)c2)CO1. The lowest BCUT2D eigenvalue weighted by Gasteiger charge is -2.07. The number of rotatable bonds is 1. The number of benzene rings is 1. The summed E-state index contributed by atoms with van der Waals surface area (Å²) in [7, 11) is 0. The minimum atomic E-state index is -0.385. The lowest BCUT2D eigenvalue weighted by atomic mass is 10.0. The van der Waals surface area contributed by atoms with Gasteiger partial charge in [0.15, 0.2) is 0 Å². The van der Waals surface area contributed by atoms with Gasteiger partial charge in [-0.05, 0) is 29.8 Å². The lowest BCUT2D eigenvalue weighted by molar-refractivity contribution is 0.177. The van der Waals surface area contributed by atoms with E-state index in [-0.39, 0.29) is 12.1 Å². The normalized spacial score (nSPS) is 16.6. The molecule has 2 heterocycles. The number of amides is 1. The Balaban J connectivity index is 1.80. The molecule has 2 aromatic rings. The van der Waals surface area contributed by atoms with Crippen molar-refractivity contribution >= 4 is 17.7 Å². The number of aromatic nitrogens is 1. The molecule has 1 aromatic heterocycles. The molecule has 21 heavy (non-hydrogen) atoms. The molecule has 1 aliphatic rings. The first-order valence-corrected chi connectivity index (χ1v) is 6.75. The zero-order valence-electron chi connectivity index (χ0n) is 11.0. The summed E-state index contributed by atoms with van der Waals surface area (Å²) in [6, 6.07) is 11.1. The summed E-state index contributed by atoms with van der Waals surface area (Å²) in [6.45, 7) is 0.344. The van der Waals surface area contributed by atoms with E-state index in [0.29, 0.717) is 11.8 Å². The second-order valence-electron chi connectivity index (χ2n) is 4.54. The third-order valence-electron chi connectivity index (χ3n) is 3.04. The van der Waals surface area contributed by atoms with E-state index in [1.165, 1.54) is 0 Å². The number of nitrogens with zero attached hydrogens (tertiary/aromatic N) is 1. The Bertz CT molecular complexity index is 732. The highest BCUT2D eigenvalue weighted by Gasteiger charge is 2.23. The highest BCUT2D eigenvalue weighted by molar-refractivity contribution is 6.29. The highest BCUT2D eigenvalue weighted by atomic mass is 35.5. The topological polar surface area (TPSA) is 51.2 Å². The Labute approximate surface area is 127 Å². The fourth-order valence-electron chi connectivity index (χ4n) is 1.99. The van der Waals surface area contributed by atoms with Gasteiger partial charge in [0, 0.05) is 17.3 Å². The Kier molecular flexibility index (Phi) is 3.76. The van der Waals surface area contributed by atoms with Crippen LogP contribution >= 0.6 is 11.6 Å². The van der Waals surface area contributed by atoms with Crippen molar-refractivity contribution in [2.75, 3.05) is 6.61 Å². The molecule has 0 spiro atoms. The van der Waals surface area contributed by atoms with Crippen LogP contribution in [0, 0.1) is 11.8 Å². The van der Waals surface area contributed by atoms with E-state index >= 15 is 0 Å². The Morgan fingerprint density at radius 2 is 2.10 bits per heavy atom. The number of cyclic esters (lactones) is 1. The van der Waals surface area contributed by atoms with E-state index in [1.54, 1.807) is 12.3 Å². The molecule has 0 aliphatic carbocycles. The molecule has 1 aromatic carbocycles. The van der Waals surface area contributed by atoms with E-state index in [9.17, 15) is 4.79 Å². The smallest absolute Gasteiger partial charge is 0.407 e. The van der Waals surface area contributed by atoms with Crippen LogP contribution in [0.3, 0.4) is 0 Å². The molecule has 0 radical (unpaired) electrons. The summed E-state index contributed by atoms with van der Waals surface area (Å²) in [5.41, 5.74) is 2.63. The predicted molar refractivity (Wildman–Crippen MR) is 78.9 cm³/mol. The van der Waals surface area contributed by atoms with Crippen molar-refractivity contribution in [3.05, 3.63) is 64.4 Å². The van der Waals surface area contributed by atoms with Gasteiger partial charge in [0.05, 0.1) is 6.04 Å². The van der Waals surface area contributed by atoms with E-state index in [1.807, 2.05) is 30.3 Å². The molecule has 3 rings (SSSR count). The van der Waals surface area contributed by atoms with Crippen LogP contribution < -0.4 is 5.32 Å². The summed E-state index contributed by atoms with van der Waals surface area (Å²) in [5.74, 6) is 6.09. The molecule has 1 fully saturated rings. The summed E-state index contributed by atoms with van der Waals surface area (Å²) in [4.78, 5) is 15.1. The Morgan fingerprint density at radius 1 is 1.24 bits per heavy atom. The third kappa shape index (κ3) is 3.33. The van der Waals surface area contributed by atoms with Crippen LogP contribution in [0.2, 0.25) is 5.15 Å². The van der Waals surface area contributed by atoms with Crippen LogP contribution in [0.4, 0.5) is 4.79 Å². The fraction of sp³-hybridized carbons (Fsp3) is 0.125. The van der Waals surface area contributed by atoms with Crippen LogP contribution in [-0.4, -0.2) is 17.7 Å². The Morgan fingerprint density at radius 3 is 2.81 bits per heavy atom. The molecule has 0 saturated carbocycles. The lowest BCUT2D eigenvalue weighted by Crippen LogP contribution is -2.18. The van der Waals surface area contributed by atoms with Crippen molar-refractivity contribution in [1.82, 2.24) is 10.3 Å². The average Bonchev–Trinajstić information content (AvgIpc) is 2.94. The quantitative estimate of drug-likeness (QED) is 0.650. The van der Waals surface area contributed by atoms with Crippen LogP contribution in [0.25, 0.3) is 0 Å². The summed E-state index contributed by atoms with van der Waals surface area (Å²) in [6.07, 6.45) is 1.24. The molecule has 1 N–H and O–H groups in total. The molecule has 0 bridgehead atoms. The molecule has 0 unspecified atom stereocenters. The molecular weight excluding hydrogens is 288 g/mol. The van der Waals surface area contributed by atoms with E-state index in [0.717, 1.165) is 16.7 Å². The zero-order chi connectivity index (χ0) is 14.7. The second-order valence-corrected chi connectivity index (χ2v) is 4.93. The number of carbonyl (C=O) groups is 1. The number of halogens is 1. The first kappa shape index (κ1) is 13.5. The number of ether oxygens (including phenoxy) is 1. The number of pyridine rings is 1. The Hall–Kier alpha value is -2.51. The van der Waals surface area contributed by atoms with Crippen LogP contribution in [0.5, 0.6) is 0 Å². The summed E-state index contributed by atoms with van der Waals surface area (Å²) in [5, 5.41) is 3.19. The predicted octanol–water partition coefficient (Wildman–Crippen LogP) is 2.92. The summed E-state index contributed by atoms with van der Waals surface area (Å²) >= 11 is 5.73. The van der Waals surface area contributed by atoms with Gasteiger partial charge in [-0.2, -0.15) is 0 Å². The fourth-order valence-corrected chi connectivity index (χ4v) is 2.10. The number of hydrogen-bond acceptors (Lipinski definition) is 3. The number of alkyl carbamates (subject to hydrolysis) is 1. The maximum absolute atomic E-state index is 11.1. The first-order chi connectivity index (χ1) is 10.2. The van der Waals surface area contributed by atoms with Gasteiger partial charge in [-0.1, -0.05) is 35.6 Å². The minimum Gasteiger partial charge on any atom is -0.447 e. The molecule has 5 heteroatoms. The van der Waals surface area contributed by atoms with Crippen molar-refractivity contribution in [1.29, 1.82) is 0 Å². The number of nitrogens with one attached hydrogen (secondary N) is 1. The van der Waals surface area contributed by atoms with Crippen LogP contribution in [0.1, 0.15) is 22.7 Å². The number of carbonyl (C=O) groups excluding carboxylic acids is 1. The van der Waals surface area contributed by atoms with Gasteiger partial charge < -0.3 is 10.1 Å². The van der Waals surface area contributed by atoms with Crippen LogP contribution in [-0.2, 0) is 4.74 Å². The van der Waals surface area contributed by atoms with Gasteiger partial charge in [0.1, 0.15) is 11.8 Å². The molecule has 4 nitrogen and oxygen atoms in total. The minimum absolute atomic E-state index is 0.114. The standard InChI is InChI=1S/C16H11ClN2O2/c17-15-7-6-12(9-18-15)5-4-11-2-1-3-13(8-11)14-10-21-16(20)19-14/h1-3,6-9,14H,10H2,(H,19,20)/t14-/m0/s1. The van der Waals surface area contributed by atoms with Crippen molar-refractivity contribution in [2.24, 2.45) is 0 Å². The van der Waals surface area contributed by atoms with E-state index in [2.05, 4.69) is 22.1 Å². The van der Waals surface area contributed by atoms with Gasteiger partial charge in [-0.25, -0.2) is 9.78 Å². The first-order valence-electron chi connectivity index (χ1n) is 6.37. The maximum Gasteiger partial charge on any atom is 0.407 e. The monoisotopic (exact) mass is 298 g/mol. The van der Waals surface area contributed by atoms with Crippen molar-refractivity contribution in [3.8, 4) is 11.8 Å². The maximum atomic E-state index is 11.1.